The molecule has 5 rings (SSSR count). The van der Waals surface area contributed by atoms with Gasteiger partial charge in [-0.2, -0.15) is 0 Å². The number of benzene rings is 3. The zero-order valence-corrected chi connectivity index (χ0v) is 23.8. The summed E-state index contributed by atoms with van der Waals surface area (Å²) in [5.41, 5.74) is 1.54. The molecule has 0 aliphatic heterocycles. The molecule has 0 radical (unpaired) electrons. The first kappa shape index (κ1) is 27.3. The minimum absolute atomic E-state index is 0.251. The number of aromatic nitrogens is 2. The van der Waals surface area contributed by atoms with E-state index in [1.807, 2.05) is 60.7 Å². The molecule has 0 spiro atoms. The predicted octanol–water partition coefficient (Wildman–Crippen LogP) is 7.91. The first-order valence-corrected chi connectivity index (χ1v) is 14.4. The van der Waals surface area contributed by atoms with Crippen molar-refractivity contribution < 1.29 is 14.2 Å². The van der Waals surface area contributed by atoms with E-state index in [1.165, 1.54) is 14.7 Å². The minimum atomic E-state index is -0.334. The topological polar surface area (TPSA) is 53.5 Å². The van der Waals surface area contributed by atoms with Crippen LogP contribution in [-0.4, -0.2) is 15.6 Å². The molecule has 2 aromatic heterocycles. The van der Waals surface area contributed by atoms with Crippen LogP contribution in [0.5, 0.6) is 17.2 Å². The Kier molecular flexibility index (Phi) is 8.67. The molecule has 0 aliphatic carbocycles. The zero-order valence-electron chi connectivity index (χ0n) is 23.0. The Morgan fingerprint density at radius 1 is 0.525 bits per heavy atom. The number of pyridine rings is 2. The van der Waals surface area contributed by atoms with Gasteiger partial charge in [0.25, 0.3) is 0 Å². The average Bonchev–Trinajstić information content (AvgIpc) is 2.98. The molecular formula is C34H33N2O3S+. The maximum Gasteiger partial charge on any atom is 0.166 e. The van der Waals surface area contributed by atoms with Gasteiger partial charge >= 0.3 is 0 Å². The van der Waals surface area contributed by atoms with E-state index in [2.05, 4.69) is 79.3 Å². The van der Waals surface area contributed by atoms with E-state index in [0.717, 1.165) is 28.6 Å². The van der Waals surface area contributed by atoms with Crippen molar-refractivity contribution in [1.29, 1.82) is 0 Å². The third kappa shape index (κ3) is 7.64. The zero-order chi connectivity index (χ0) is 27.8. The van der Waals surface area contributed by atoms with Gasteiger partial charge in [-0.15, -0.1) is 0 Å². The molecule has 0 N–H and O–H groups in total. The summed E-state index contributed by atoms with van der Waals surface area (Å²) >= 11 is 0. The quantitative estimate of drug-likeness (QED) is 0.166. The number of hydrogen-bond donors (Lipinski definition) is 0. The van der Waals surface area contributed by atoms with E-state index in [-0.39, 0.29) is 16.5 Å². The van der Waals surface area contributed by atoms with Crippen LogP contribution in [0, 0.1) is 0 Å². The van der Waals surface area contributed by atoms with Crippen LogP contribution in [0.1, 0.15) is 32.2 Å². The Morgan fingerprint density at radius 3 is 1.27 bits per heavy atom. The highest BCUT2D eigenvalue weighted by Gasteiger charge is 2.29. The molecule has 0 atom stereocenters. The highest BCUT2D eigenvalue weighted by molar-refractivity contribution is 7.97. The molecular weight excluding hydrogens is 516 g/mol. The van der Waals surface area contributed by atoms with Crippen molar-refractivity contribution in [2.45, 2.75) is 54.3 Å². The third-order valence-corrected chi connectivity index (χ3v) is 8.06. The molecule has 0 saturated heterocycles. The van der Waals surface area contributed by atoms with Crippen molar-refractivity contribution in [2.24, 2.45) is 0 Å². The normalized spacial score (nSPS) is 11.3. The third-order valence-electron chi connectivity index (χ3n) is 5.83. The van der Waals surface area contributed by atoms with Gasteiger partial charge in [-0.25, -0.2) is 0 Å². The number of rotatable bonds is 10. The van der Waals surface area contributed by atoms with Crippen molar-refractivity contribution in [3.63, 3.8) is 0 Å². The second-order valence-corrected chi connectivity index (χ2v) is 12.2. The first-order chi connectivity index (χ1) is 19.4. The Bertz CT molecular complexity index is 1380. The number of ether oxygens (including phenoxy) is 3. The summed E-state index contributed by atoms with van der Waals surface area (Å²) < 4.78 is 18.0. The maximum atomic E-state index is 6.07. The highest BCUT2D eigenvalue weighted by Crippen LogP contribution is 2.34. The number of nitrogens with zero attached hydrogens (tertiary/aromatic N) is 2. The van der Waals surface area contributed by atoms with Crippen LogP contribution in [0.2, 0.25) is 0 Å². The standard InChI is InChI=1S/C34H33N2O3S/c1-34(2,3)39-30-14-20-33(21-15-30)40(31-16-10-28(11-17-31)37-24-26-8-4-6-22-35-26)32-18-12-29(13-19-32)38-25-27-9-5-7-23-36-27/h4-23H,24-25H2,1-3H3/q+1. The lowest BCUT2D eigenvalue weighted by molar-refractivity contribution is 0.131. The molecule has 0 fully saturated rings. The van der Waals surface area contributed by atoms with Crippen LogP contribution in [0.3, 0.4) is 0 Å². The summed E-state index contributed by atoms with van der Waals surface area (Å²) in [6, 6.07) is 36.7. The molecule has 2 heterocycles. The van der Waals surface area contributed by atoms with Gasteiger partial charge in [0.15, 0.2) is 14.7 Å². The molecule has 5 aromatic rings. The van der Waals surface area contributed by atoms with Gasteiger partial charge in [-0.1, -0.05) is 12.1 Å². The number of hydrogen-bond acceptors (Lipinski definition) is 5. The molecule has 0 aliphatic rings. The second-order valence-electron chi connectivity index (χ2n) is 10.2. The molecule has 5 nitrogen and oxygen atoms in total. The fourth-order valence-electron chi connectivity index (χ4n) is 4.03. The van der Waals surface area contributed by atoms with Gasteiger partial charge in [-0.3, -0.25) is 9.97 Å². The largest absolute Gasteiger partial charge is 0.488 e. The second kappa shape index (κ2) is 12.7. The molecule has 0 bridgehead atoms. The van der Waals surface area contributed by atoms with E-state index >= 15 is 0 Å². The van der Waals surface area contributed by atoms with Crippen molar-refractivity contribution in [1.82, 2.24) is 9.97 Å². The van der Waals surface area contributed by atoms with Crippen LogP contribution in [0.25, 0.3) is 0 Å². The van der Waals surface area contributed by atoms with Crippen molar-refractivity contribution in [2.75, 3.05) is 0 Å². The summed E-state index contributed by atoms with van der Waals surface area (Å²) in [6.45, 7) is 7.03. The van der Waals surface area contributed by atoms with Crippen LogP contribution in [0.15, 0.2) is 136 Å². The van der Waals surface area contributed by atoms with Gasteiger partial charge < -0.3 is 14.2 Å². The SMILES string of the molecule is CC(C)(C)Oc1ccc([S+](c2ccc(OCc3ccccn3)cc2)c2ccc(OCc3ccccn3)cc2)cc1. The van der Waals surface area contributed by atoms with Crippen LogP contribution < -0.4 is 14.2 Å². The van der Waals surface area contributed by atoms with Crippen LogP contribution >= 0.6 is 0 Å². The monoisotopic (exact) mass is 549 g/mol. The lowest BCUT2D eigenvalue weighted by Gasteiger charge is -2.21. The average molecular weight is 550 g/mol. The summed E-state index contributed by atoms with van der Waals surface area (Å²) in [5, 5.41) is 0. The Balaban J connectivity index is 1.37. The molecule has 3 aromatic carbocycles. The highest BCUT2D eigenvalue weighted by atomic mass is 32.2. The maximum absolute atomic E-state index is 6.07. The Hall–Kier alpha value is -4.29. The van der Waals surface area contributed by atoms with Crippen molar-refractivity contribution >= 4 is 10.9 Å². The molecule has 0 amide bonds. The predicted molar refractivity (Wildman–Crippen MR) is 159 cm³/mol. The van der Waals surface area contributed by atoms with Crippen LogP contribution in [0.4, 0.5) is 0 Å². The summed E-state index contributed by atoms with van der Waals surface area (Å²) in [6.07, 6.45) is 3.56. The van der Waals surface area contributed by atoms with Gasteiger partial charge in [0, 0.05) is 12.4 Å². The lowest BCUT2D eigenvalue weighted by atomic mass is 10.2. The van der Waals surface area contributed by atoms with Crippen molar-refractivity contribution in [3.05, 3.63) is 133 Å². The smallest absolute Gasteiger partial charge is 0.166 e. The lowest BCUT2D eigenvalue weighted by Crippen LogP contribution is -2.22. The summed E-state index contributed by atoms with van der Waals surface area (Å²) in [5.74, 6) is 2.48. The van der Waals surface area contributed by atoms with E-state index in [9.17, 15) is 0 Å². The molecule has 6 heteroatoms. The van der Waals surface area contributed by atoms with E-state index < -0.39 is 0 Å². The Labute approximate surface area is 239 Å². The summed E-state index contributed by atoms with van der Waals surface area (Å²) in [4.78, 5) is 12.3. The summed E-state index contributed by atoms with van der Waals surface area (Å²) in [7, 11) is -0.334. The van der Waals surface area contributed by atoms with Gasteiger partial charge in [-0.05, 0) is 118 Å². The molecule has 0 unspecified atom stereocenters. The van der Waals surface area contributed by atoms with E-state index in [1.54, 1.807) is 12.4 Å². The van der Waals surface area contributed by atoms with Gasteiger partial charge in [0.1, 0.15) is 36.1 Å². The molecule has 40 heavy (non-hydrogen) atoms. The fraction of sp³-hybridized carbons (Fsp3) is 0.176. The van der Waals surface area contributed by atoms with E-state index in [4.69, 9.17) is 14.2 Å². The van der Waals surface area contributed by atoms with Gasteiger partial charge in [0.2, 0.25) is 0 Å². The van der Waals surface area contributed by atoms with Crippen LogP contribution in [-0.2, 0) is 24.1 Å². The van der Waals surface area contributed by atoms with E-state index in [0.29, 0.717) is 13.2 Å². The molecule has 0 saturated carbocycles. The minimum Gasteiger partial charge on any atom is -0.488 e. The molecule has 202 valence electrons. The first-order valence-electron chi connectivity index (χ1n) is 13.2. The van der Waals surface area contributed by atoms with Crippen molar-refractivity contribution in [3.8, 4) is 17.2 Å². The Morgan fingerprint density at radius 2 is 0.925 bits per heavy atom. The van der Waals surface area contributed by atoms with Gasteiger partial charge in [0.05, 0.1) is 22.3 Å². The fourth-order valence-corrected chi connectivity index (χ4v) is 6.07.